The predicted molar refractivity (Wildman–Crippen MR) is 105 cm³/mol. The molecule has 0 aliphatic rings. The van der Waals surface area contributed by atoms with E-state index in [0.29, 0.717) is 17.8 Å². The van der Waals surface area contributed by atoms with Gasteiger partial charge in [-0.25, -0.2) is 14.6 Å². The van der Waals surface area contributed by atoms with Gasteiger partial charge in [-0.1, -0.05) is 13.8 Å². The van der Waals surface area contributed by atoms with Gasteiger partial charge in [-0.15, -0.1) is 0 Å². The van der Waals surface area contributed by atoms with Gasteiger partial charge in [-0.2, -0.15) is 0 Å². The summed E-state index contributed by atoms with van der Waals surface area (Å²) < 4.78 is 7.59. The molecule has 0 aliphatic carbocycles. The molecule has 3 aromatic rings. The minimum absolute atomic E-state index is 0.0776. The Balaban J connectivity index is 2.48. The molecule has 3 aromatic heterocycles. The van der Waals surface area contributed by atoms with Crippen LogP contribution in [0.5, 0.6) is 0 Å². The van der Waals surface area contributed by atoms with Gasteiger partial charge < -0.3 is 4.74 Å². The van der Waals surface area contributed by atoms with Crippen LogP contribution < -0.4 is 11.2 Å². The van der Waals surface area contributed by atoms with Crippen molar-refractivity contribution in [2.45, 2.75) is 27.3 Å². The normalized spacial score (nSPS) is 11.2. The molecule has 0 aliphatic heterocycles. The molecule has 0 amide bonds. The Morgan fingerprint density at radius 1 is 1.29 bits per heavy atom. The van der Waals surface area contributed by atoms with Crippen LogP contribution in [0.15, 0.2) is 40.2 Å². The Hall–Kier alpha value is -3.29. The second-order valence-corrected chi connectivity index (χ2v) is 6.87. The minimum atomic E-state index is -0.633. The molecule has 0 saturated heterocycles. The van der Waals surface area contributed by atoms with E-state index >= 15 is 0 Å². The molecule has 0 N–H and O–H groups in total. The van der Waals surface area contributed by atoms with Crippen molar-refractivity contribution in [3.05, 3.63) is 57.0 Å². The lowest BCUT2D eigenvalue weighted by atomic mass is 10.1. The second kappa shape index (κ2) is 7.75. The minimum Gasteiger partial charge on any atom is -0.462 e. The summed E-state index contributed by atoms with van der Waals surface area (Å²) in [6, 6.07) is 5.06. The molecule has 8 nitrogen and oxygen atoms in total. The van der Waals surface area contributed by atoms with E-state index < -0.39 is 17.2 Å². The number of pyridine rings is 2. The number of carbonyl (C=O) groups is 1. The topological polar surface area (TPSA) is 96.1 Å². The third-order valence-corrected chi connectivity index (χ3v) is 4.29. The maximum atomic E-state index is 12.9. The van der Waals surface area contributed by atoms with E-state index in [-0.39, 0.29) is 29.1 Å². The van der Waals surface area contributed by atoms with Crippen molar-refractivity contribution in [2.75, 3.05) is 6.61 Å². The molecule has 3 rings (SSSR count). The van der Waals surface area contributed by atoms with Crippen LogP contribution in [0.25, 0.3) is 22.3 Å². The summed E-state index contributed by atoms with van der Waals surface area (Å²) in [7, 11) is 1.39. The SMILES string of the molecule is CCOC(=O)c1cc(-c2cccnc2)nc2c1c(=O)n(C)c(=O)n2CC(C)C. The van der Waals surface area contributed by atoms with Crippen LogP contribution in [-0.4, -0.2) is 31.7 Å². The highest BCUT2D eigenvalue weighted by atomic mass is 16.5. The lowest BCUT2D eigenvalue weighted by Gasteiger charge is -2.16. The summed E-state index contributed by atoms with van der Waals surface area (Å²) >= 11 is 0. The van der Waals surface area contributed by atoms with Gasteiger partial charge in [0.05, 0.1) is 23.3 Å². The molecule has 8 heteroatoms. The molecular formula is C20H22N4O4. The first-order valence-corrected chi connectivity index (χ1v) is 9.07. The van der Waals surface area contributed by atoms with Crippen molar-refractivity contribution in [1.29, 1.82) is 0 Å². The van der Waals surface area contributed by atoms with E-state index in [4.69, 9.17) is 4.74 Å². The maximum absolute atomic E-state index is 12.9. The van der Waals surface area contributed by atoms with Crippen LogP contribution in [0.3, 0.4) is 0 Å². The van der Waals surface area contributed by atoms with Gasteiger partial charge in [0.15, 0.2) is 5.65 Å². The molecule has 28 heavy (non-hydrogen) atoms. The van der Waals surface area contributed by atoms with E-state index in [2.05, 4.69) is 9.97 Å². The van der Waals surface area contributed by atoms with Crippen LogP contribution in [0.2, 0.25) is 0 Å². The predicted octanol–water partition coefficient (Wildman–Crippen LogP) is 1.99. The maximum Gasteiger partial charge on any atom is 0.339 e. The fourth-order valence-electron chi connectivity index (χ4n) is 3.03. The number of rotatable bonds is 5. The Bertz CT molecular complexity index is 1150. The number of ether oxygens (including phenoxy) is 1. The quantitative estimate of drug-likeness (QED) is 0.626. The van der Waals surface area contributed by atoms with Gasteiger partial charge in [-0.3, -0.25) is 18.9 Å². The standard InChI is InChI=1S/C20H22N4O4/c1-5-28-19(26)14-9-15(13-7-6-8-21-10-13)22-17-16(14)18(25)23(4)20(27)24(17)11-12(2)3/h6-10,12H,5,11H2,1-4H3. The Labute approximate surface area is 161 Å². The molecule has 3 heterocycles. The molecule has 0 unspecified atom stereocenters. The molecule has 0 radical (unpaired) electrons. The van der Waals surface area contributed by atoms with E-state index in [9.17, 15) is 14.4 Å². The summed E-state index contributed by atoms with van der Waals surface area (Å²) in [5.74, 6) is -0.500. The smallest absolute Gasteiger partial charge is 0.339 e. The summed E-state index contributed by atoms with van der Waals surface area (Å²) in [6.45, 7) is 6.13. The molecule has 0 saturated carbocycles. The molecule has 146 valence electrons. The lowest BCUT2D eigenvalue weighted by molar-refractivity contribution is 0.0528. The second-order valence-electron chi connectivity index (χ2n) is 6.87. The summed E-state index contributed by atoms with van der Waals surface area (Å²) in [4.78, 5) is 46.9. The van der Waals surface area contributed by atoms with Crippen LogP contribution in [0.1, 0.15) is 31.1 Å². The van der Waals surface area contributed by atoms with Gasteiger partial charge in [-0.05, 0) is 31.0 Å². The number of fused-ring (bicyclic) bond motifs is 1. The zero-order valence-corrected chi connectivity index (χ0v) is 16.3. The fourth-order valence-corrected chi connectivity index (χ4v) is 3.03. The Kier molecular flexibility index (Phi) is 5.39. The van der Waals surface area contributed by atoms with E-state index in [0.717, 1.165) is 4.57 Å². The highest BCUT2D eigenvalue weighted by molar-refractivity contribution is 6.03. The number of hydrogen-bond donors (Lipinski definition) is 0. The Morgan fingerprint density at radius 2 is 2.04 bits per heavy atom. The molecule has 0 spiro atoms. The molecule has 0 aromatic carbocycles. The number of carbonyl (C=O) groups excluding carboxylic acids is 1. The molecule has 0 fully saturated rings. The largest absolute Gasteiger partial charge is 0.462 e. The molecular weight excluding hydrogens is 360 g/mol. The molecule has 0 bridgehead atoms. The van der Waals surface area contributed by atoms with Crippen molar-refractivity contribution >= 4 is 17.0 Å². The third kappa shape index (κ3) is 3.45. The van der Waals surface area contributed by atoms with Gasteiger partial charge in [0.2, 0.25) is 0 Å². The monoisotopic (exact) mass is 382 g/mol. The zero-order valence-electron chi connectivity index (χ0n) is 16.3. The van der Waals surface area contributed by atoms with Gasteiger partial charge in [0.25, 0.3) is 5.56 Å². The summed E-state index contributed by atoms with van der Waals surface area (Å²) in [5.41, 5.74) is 0.313. The number of esters is 1. The Morgan fingerprint density at radius 3 is 2.64 bits per heavy atom. The van der Waals surface area contributed by atoms with Crippen molar-refractivity contribution in [3.8, 4) is 11.3 Å². The highest BCUT2D eigenvalue weighted by Gasteiger charge is 2.22. The number of aromatic nitrogens is 4. The van der Waals surface area contributed by atoms with Crippen LogP contribution in [0.4, 0.5) is 0 Å². The first kappa shape index (κ1) is 19.5. The first-order chi connectivity index (χ1) is 13.3. The first-order valence-electron chi connectivity index (χ1n) is 9.07. The van der Waals surface area contributed by atoms with Crippen LogP contribution in [-0.2, 0) is 18.3 Å². The lowest BCUT2D eigenvalue weighted by Crippen LogP contribution is -2.40. The van der Waals surface area contributed by atoms with E-state index in [1.54, 1.807) is 31.5 Å². The van der Waals surface area contributed by atoms with Crippen LogP contribution >= 0.6 is 0 Å². The van der Waals surface area contributed by atoms with Gasteiger partial charge in [0, 0.05) is 31.5 Å². The van der Waals surface area contributed by atoms with Crippen molar-refractivity contribution < 1.29 is 9.53 Å². The number of nitrogens with zero attached hydrogens (tertiary/aromatic N) is 4. The fraction of sp³-hybridized carbons (Fsp3) is 0.350. The molecule has 0 atom stereocenters. The zero-order chi connectivity index (χ0) is 20.4. The third-order valence-electron chi connectivity index (χ3n) is 4.29. The van der Waals surface area contributed by atoms with Gasteiger partial charge >= 0.3 is 11.7 Å². The summed E-state index contributed by atoms with van der Waals surface area (Å²) in [5, 5.41) is 0.0776. The number of hydrogen-bond acceptors (Lipinski definition) is 6. The van der Waals surface area contributed by atoms with Crippen molar-refractivity contribution in [1.82, 2.24) is 19.1 Å². The van der Waals surface area contributed by atoms with E-state index in [1.807, 2.05) is 13.8 Å². The van der Waals surface area contributed by atoms with Gasteiger partial charge in [0.1, 0.15) is 0 Å². The van der Waals surface area contributed by atoms with Crippen molar-refractivity contribution in [2.24, 2.45) is 13.0 Å². The van der Waals surface area contributed by atoms with Crippen LogP contribution in [0, 0.1) is 5.92 Å². The average Bonchev–Trinajstić information content (AvgIpc) is 2.69. The van der Waals surface area contributed by atoms with E-state index in [1.165, 1.54) is 17.7 Å². The highest BCUT2D eigenvalue weighted by Crippen LogP contribution is 2.23. The summed E-state index contributed by atoms with van der Waals surface area (Å²) in [6.07, 6.45) is 3.23. The van der Waals surface area contributed by atoms with Crippen molar-refractivity contribution in [3.63, 3.8) is 0 Å². The average molecular weight is 382 g/mol.